The molecule has 4 rings (SSSR count). The van der Waals surface area contributed by atoms with Gasteiger partial charge in [-0.25, -0.2) is 9.97 Å². The van der Waals surface area contributed by atoms with Gasteiger partial charge in [0.05, 0.1) is 0 Å². The Morgan fingerprint density at radius 1 is 1.23 bits per heavy atom. The Balaban J connectivity index is 1.83. The largest absolute Gasteiger partial charge is 0.508 e. The SMILES string of the molecule is Oc1ccc(-n2c(CC3CCOC3)nc3cccnc32)cc1. The summed E-state index contributed by atoms with van der Waals surface area (Å²) in [5.74, 6) is 1.76. The number of pyridine rings is 1. The van der Waals surface area contributed by atoms with Crippen molar-refractivity contribution < 1.29 is 9.84 Å². The highest BCUT2D eigenvalue weighted by Crippen LogP contribution is 2.25. The molecule has 1 aliphatic heterocycles. The van der Waals surface area contributed by atoms with Gasteiger partial charge in [-0.05, 0) is 48.7 Å². The van der Waals surface area contributed by atoms with E-state index in [2.05, 4.69) is 9.55 Å². The summed E-state index contributed by atoms with van der Waals surface area (Å²) in [5, 5.41) is 9.51. The van der Waals surface area contributed by atoms with E-state index in [-0.39, 0.29) is 5.75 Å². The molecule has 0 radical (unpaired) electrons. The highest BCUT2D eigenvalue weighted by Gasteiger charge is 2.21. The number of hydrogen-bond acceptors (Lipinski definition) is 4. The summed E-state index contributed by atoms with van der Waals surface area (Å²) in [4.78, 5) is 9.24. The maximum Gasteiger partial charge on any atom is 0.164 e. The number of imidazole rings is 1. The molecule has 1 unspecified atom stereocenters. The van der Waals surface area contributed by atoms with Crippen LogP contribution in [-0.2, 0) is 11.2 Å². The van der Waals surface area contributed by atoms with Gasteiger partial charge in [0.15, 0.2) is 5.65 Å². The predicted molar refractivity (Wildman–Crippen MR) is 83.2 cm³/mol. The van der Waals surface area contributed by atoms with Crippen LogP contribution in [0.1, 0.15) is 12.2 Å². The van der Waals surface area contributed by atoms with Crippen molar-refractivity contribution in [2.45, 2.75) is 12.8 Å². The molecule has 2 aromatic heterocycles. The molecule has 1 fully saturated rings. The average Bonchev–Trinajstić information content (AvgIpc) is 3.16. The van der Waals surface area contributed by atoms with Gasteiger partial charge >= 0.3 is 0 Å². The van der Waals surface area contributed by atoms with Crippen LogP contribution in [0.3, 0.4) is 0 Å². The molecule has 5 nitrogen and oxygen atoms in total. The first kappa shape index (κ1) is 13.3. The van der Waals surface area contributed by atoms with Gasteiger partial charge in [0.1, 0.15) is 17.1 Å². The number of phenols is 1. The van der Waals surface area contributed by atoms with E-state index in [0.717, 1.165) is 48.7 Å². The lowest BCUT2D eigenvalue weighted by Gasteiger charge is -2.11. The van der Waals surface area contributed by atoms with E-state index in [1.54, 1.807) is 18.3 Å². The number of benzene rings is 1. The molecule has 1 saturated heterocycles. The minimum atomic E-state index is 0.256. The van der Waals surface area contributed by atoms with E-state index >= 15 is 0 Å². The first-order valence-electron chi connectivity index (χ1n) is 7.51. The summed E-state index contributed by atoms with van der Waals surface area (Å²) in [6.07, 6.45) is 3.73. The molecule has 0 aliphatic carbocycles. The number of aromatic hydroxyl groups is 1. The first-order chi connectivity index (χ1) is 10.8. The van der Waals surface area contributed by atoms with Gasteiger partial charge in [0, 0.05) is 31.5 Å². The smallest absolute Gasteiger partial charge is 0.164 e. The second-order valence-electron chi connectivity index (χ2n) is 5.66. The van der Waals surface area contributed by atoms with Crippen LogP contribution in [0, 0.1) is 5.92 Å². The number of hydrogen-bond donors (Lipinski definition) is 1. The Kier molecular flexibility index (Phi) is 3.27. The van der Waals surface area contributed by atoms with Gasteiger partial charge in [-0.1, -0.05) is 0 Å². The Labute approximate surface area is 128 Å². The summed E-state index contributed by atoms with van der Waals surface area (Å²) in [7, 11) is 0. The van der Waals surface area contributed by atoms with Crippen LogP contribution in [0.25, 0.3) is 16.9 Å². The van der Waals surface area contributed by atoms with Gasteiger partial charge < -0.3 is 9.84 Å². The topological polar surface area (TPSA) is 60.2 Å². The molecule has 22 heavy (non-hydrogen) atoms. The fraction of sp³-hybridized carbons (Fsp3) is 0.294. The van der Waals surface area contributed by atoms with Crippen molar-refractivity contribution in [2.24, 2.45) is 5.92 Å². The summed E-state index contributed by atoms with van der Waals surface area (Å²) in [5.41, 5.74) is 2.71. The van der Waals surface area contributed by atoms with Crippen molar-refractivity contribution in [2.75, 3.05) is 13.2 Å². The third kappa shape index (κ3) is 2.33. The monoisotopic (exact) mass is 295 g/mol. The molecule has 1 N–H and O–H groups in total. The molecule has 1 atom stereocenters. The molecule has 0 amide bonds. The summed E-state index contributed by atoms with van der Waals surface area (Å²) < 4.78 is 7.56. The van der Waals surface area contributed by atoms with Crippen molar-refractivity contribution in [1.29, 1.82) is 0 Å². The number of nitrogens with zero attached hydrogens (tertiary/aromatic N) is 3. The Bertz CT molecular complexity index is 789. The first-order valence-corrected chi connectivity index (χ1v) is 7.51. The minimum Gasteiger partial charge on any atom is -0.508 e. The standard InChI is InChI=1S/C17H17N3O2/c21-14-5-3-13(4-6-14)20-16(10-12-7-9-22-11-12)19-15-2-1-8-18-17(15)20/h1-6,8,12,21H,7,9-11H2. The third-order valence-corrected chi connectivity index (χ3v) is 4.09. The minimum absolute atomic E-state index is 0.256. The van der Waals surface area contributed by atoms with Crippen LogP contribution in [0.4, 0.5) is 0 Å². The zero-order valence-electron chi connectivity index (χ0n) is 12.1. The van der Waals surface area contributed by atoms with Crippen LogP contribution in [-0.4, -0.2) is 32.9 Å². The zero-order valence-corrected chi connectivity index (χ0v) is 12.1. The number of aromatic nitrogens is 3. The Morgan fingerprint density at radius 2 is 2.09 bits per heavy atom. The van der Waals surface area contributed by atoms with Gasteiger partial charge in [-0.15, -0.1) is 0 Å². The van der Waals surface area contributed by atoms with Crippen LogP contribution >= 0.6 is 0 Å². The number of phenolic OH excluding ortho intramolecular Hbond substituents is 1. The molecule has 1 aliphatic rings. The fourth-order valence-corrected chi connectivity index (χ4v) is 2.97. The quantitative estimate of drug-likeness (QED) is 0.807. The second-order valence-corrected chi connectivity index (χ2v) is 5.66. The van der Waals surface area contributed by atoms with Crippen LogP contribution in [0.2, 0.25) is 0 Å². The van der Waals surface area contributed by atoms with E-state index < -0.39 is 0 Å². The Morgan fingerprint density at radius 3 is 2.86 bits per heavy atom. The van der Waals surface area contributed by atoms with Crippen molar-refractivity contribution in [3.63, 3.8) is 0 Å². The van der Waals surface area contributed by atoms with Crippen molar-refractivity contribution >= 4 is 11.2 Å². The van der Waals surface area contributed by atoms with E-state index in [1.165, 1.54) is 0 Å². The molecule has 3 aromatic rings. The van der Waals surface area contributed by atoms with E-state index in [9.17, 15) is 5.11 Å². The Hall–Kier alpha value is -2.40. The fourth-order valence-electron chi connectivity index (χ4n) is 2.97. The van der Waals surface area contributed by atoms with Gasteiger partial charge in [0.25, 0.3) is 0 Å². The molecule has 3 heterocycles. The molecule has 112 valence electrons. The second kappa shape index (κ2) is 5.42. The van der Waals surface area contributed by atoms with Gasteiger partial charge in [-0.3, -0.25) is 4.57 Å². The van der Waals surface area contributed by atoms with Crippen LogP contribution in [0.5, 0.6) is 5.75 Å². The van der Waals surface area contributed by atoms with E-state index in [1.807, 2.05) is 24.3 Å². The number of ether oxygens (including phenoxy) is 1. The van der Waals surface area contributed by atoms with Crippen molar-refractivity contribution in [3.8, 4) is 11.4 Å². The molecule has 0 spiro atoms. The molecule has 0 saturated carbocycles. The maximum absolute atomic E-state index is 9.51. The van der Waals surface area contributed by atoms with Crippen molar-refractivity contribution in [1.82, 2.24) is 14.5 Å². The highest BCUT2D eigenvalue weighted by molar-refractivity contribution is 5.73. The number of fused-ring (bicyclic) bond motifs is 1. The molecular weight excluding hydrogens is 278 g/mol. The lowest BCUT2D eigenvalue weighted by molar-refractivity contribution is 0.185. The van der Waals surface area contributed by atoms with Gasteiger partial charge in [0.2, 0.25) is 0 Å². The highest BCUT2D eigenvalue weighted by atomic mass is 16.5. The third-order valence-electron chi connectivity index (χ3n) is 4.09. The van der Waals surface area contributed by atoms with Crippen LogP contribution < -0.4 is 0 Å². The van der Waals surface area contributed by atoms with Gasteiger partial charge in [-0.2, -0.15) is 0 Å². The lowest BCUT2D eigenvalue weighted by Crippen LogP contribution is -2.09. The predicted octanol–water partition coefficient (Wildman–Crippen LogP) is 2.71. The summed E-state index contributed by atoms with van der Waals surface area (Å²) >= 11 is 0. The van der Waals surface area contributed by atoms with Crippen molar-refractivity contribution in [3.05, 3.63) is 48.4 Å². The normalized spacial score (nSPS) is 18.1. The molecule has 1 aromatic carbocycles. The van der Waals surface area contributed by atoms with E-state index in [0.29, 0.717) is 5.92 Å². The summed E-state index contributed by atoms with van der Waals surface area (Å²) in [6.45, 7) is 1.63. The molecule has 0 bridgehead atoms. The van der Waals surface area contributed by atoms with E-state index in [4.69, 9.17) is 9.72 Å². The summed E-state index contributed by atoms with van der Waals surface area (Å²) in [6, 6.07) is 11.0. The zero-order chi connectivity index (χ0) is 14.9. The average molecular weight is 295 g/mol. The number of rotatable bonds is 3. The molecular formula is C17H17N3O2. The molecule has 5 heteroatoms. The lowest BCUT2D eigenvalue weighted by atomic mass is 10.0. The van der Waals surface area contributed by atoms with Crippen LogP contribution in [0.15, 0.2) is 42.6 Å². The maximum atomic E-state index is 9.51.